The van der Waals surface area contributed by atoms with Gasteiger partial charge in [0, 0.05) is 28.3 Å². The fourth-order valence-electron chi connectivity index (χ4n) is 2.46. The zero-order valence-corrected chi connectivity index (χ0v) is 17.5. The third-order valence-electron chi connectivity index (χ3n) is 3.90. The molecule has 0 aromatic heterocycles. The van der Waals surface area contributed by atoms with Crippen molar-refractivity contribution in [1.29, 1.82) is 0 Å². The van der Waals surface area contributed by atoms with Crippen LogP contribution in [0.1, 0.15) is 16.8 Å². The molecule has 1 unspecified atom stereocenters. The SMILES string of the molecule is CSCCC(NC(=O)c1cccc([N+](=O)[O-])c1)C(=O)Nc1ccc(SC(F)F)cc1. The number of amides is 2. The zero-order chi connectivity index (χ0) is 22.1. The Labute approximate surface area is 180 Å². The van der Waals surface area contributed by atoms with Crippen LogP contribution < -0.4 is 10.6 Å². The van der Waals surface area contributed by atoms with Crippen molar-refractivity contribution in [3.05, 3.63) is 64.2 Å². The minimum atomic E-state index is -2.54. The number of thioether (sulfide) groups is 2. The van der Waals surface area contributed by atoms with Gasteiger partial charge in [0.1, 0.15) is 6.04 Å². The first-order valence-corrected chi connectivity index (χ1v) is 11.0. The van der Waals surface area contributed by atoms with Crippen LogP contribution in [0.2, 0.25) is 0 Å². The predicted octanol–water partition coefficient (Wildman–Crippen LogP) is 4.40. The maximum Gasteiger partial charge on any atom is 0.288 e. The number of carbonyl (C=O) groups excluding carboxylic acids is 2. The van der Waals surface area contributed by atoms with Gasteiger partial charge in [0.25, 0.3) is 17.4 Å². The van der Waals surface area contributed by atoms with Gasteiger partial charge in [-0.05, 0) is 48.8 Å². The molecule has 7 nitrogen and oxygen atoms in total. The van der Waals surface area contributed by atoms with Crippen molar-refractivity contribution in [2.75, 3.05) is 17.3 Å². The van der Waals surface area contributed by atoms with Gasteiger partial charge in [0.05, 0.1) is 4.92 Å². The van der Waals surface area contributed by atoms with E-state index in [0.717, 1.165) is 6.07 Å². The highest BCUT2D eigenvalue weighted by molar-refractivity contribution is 7.99. The Morgan fingerprint density at radius 1 is 1.17 bits per heavy atom. The van der Waals surface area contributed by atoms with E-state index in [1.165, 1.54) is 54.2 Å². The molecule has 0 heterocycles. The number of rotatable bonds is 10. The largest absolute Gasteiger partial charge is 0.340 e. The number of anilines is 1. The summed E-state index contributed by atoms with van der Waals surface area (Å²) in [6, 6.07) is 10.3. The quantitative estimate of drug-likeness (QED) is 0.313. The van der Waals surface area contributed by atoms with Gasteiger partial charge in [-0.2, -0.15) is 20.5 Å². The number of non-ortho nitro benzene ring substituents is 1. The lowest BCUT2D eigenvalue weighted by atomic mass is 10.1. The number of hydrogen-bond acceptors (Lipinski definition) is 6. The van der Waals surface area contributed by atoms with Crippen molar-refractivity contribution in [3.8, 4) is 0 Å². The summed E-state index contributed by atoms with van der Waals surface area (Å²) < 4.78 is 24.8. The molecule has 2 N–H and O–H groups in total. The highest BCUT2D eigenvalue weighted by Crippen LogP contribution is 2.26. The molecule has 1 atom stereocenters. The van der Waals surface area contributed by atoms with Crippen molar-refractivity contribution >= 4 is 46.7 Å². The first-order chi connectivity index (χ1) is 14.3. The number of benzene rings is 2. The van der Waals surface area contributed by atoms with Crippen molar-refractivity contribution in [2.24, 2.45) is 0 Å². The van der Waals surface area contributed by atoms with Gasteiger partial charge >= 0.3 is 0 Å². The molecular weight excluding hydrogens is 436 g/mol. The van der Waals surface area contributed by atoms with Crippen LogP contribution in [0.4, 0.5) is 20.2 Å². The monoisotopic (exact) mass is 455 g/mol. The molecule has 0 aliphatic carbocycles. The van der Waals surface area contributed by atoms with E-state index in [0.29, 0.717) is 34.5 Å². The number of nitrogens with one attached hydrogen (secondary N) is 2. The van der Waals surface area contributed by atoms with E-state index in [9.17, 15) is 28.5 Å². The molecule has 0 aliphatic heterocycles. The number of nitro benzene ring substituents is 1. The van der Waals surface area contributed by atoms with Crippen LogP contribution in [0.3, 0.4) is 0 Å². The number of alkyl halides is 2. The Morgan fingerprint density at radius 3 is 2.47 bits per heavy atom. The second-order valence-corrected chi connectivity index (χ2v) is 8.06. The first-order valence-electron chi connectivity index (χ1n) is 8.70. The maximum absolute atomic E-state index is 12.7. The Bertz CT molecular complexity index is 898. The summed E-state index contributed by atoms with van der Waals surface area (Å²) in [6.45, 7) is 0. The molecule has 0 bridgehead atoms. The molecule has 2 aromatic rings. The highest BCUT2D eigenvalue weighted by Gasteiger charge is 2.22. The molecule has 160 valence electrons. The number of hydrogen-bond donors (Lipinski definition) is 2. The molecule has 11 heteroatoms. The number of carbonyl (C=O) groups is 2. The topological polar surface area (TPSA) is 101 Å². The van der Waals surface area contributed by atoms with E-state index in [2.05, 4.69) is 10.6 Å². The van der Waals surface area contributed by atoms with E-state index in [4.69, 9.17) is 0 Å². The third kappa shape index (κ3) is 7.30. The summed E-state index contributed by atoms with van der Waals surface area (Å²) in [5.41, 5.74) is 0.242. The van der Waals surface area contributed by atoms with Gasteiger partial charge in [-0.15, -0.1) is 0 Å². The molecule has 30 heavy (non-hydrogen) atoms. The van der Waals surface area contributed by atoms with Crippen LogP contribution in [-0.4, -0.2) is 40.5 Å². The summed E-state index contributed by atoms with van der Waals surface area (Å²) in [4.78, 5) is 35.8. The molecule has 0 aliphatic rings. The smallest absolute Gasteiger partial charge is 0.288 e. The standard InChI is InChI=1S/C19H19F2N3O4S2/c1-29-10-9-16(23-17(25)12-3-2-4-14(11-12)24(27)28)18(26)22-13-5-7-15(8-6-13)30-19(20)21/h2-8,11,16,19H,9-10H2,1H3,(H,22,26)(H,23,25). The van der Waals surface area contributed by atoms with Crippen LogP contribution in [0.5, 0.6) is 0 Å². The van der Waals surface area contributed by atoms with Gasteiger partial charge in [-0.25, -0.2) is 0 Å². The van der Waals surface area contributed by atoms with Crippen molar-refractivity contribution < 1.29 is 23.3 Å². The summed E-state index contributed by atoms with van der Waals surface area (Å²) in [7, 11) is 0. The van der Waals surface area contributed by atoms with Crippen molar-refractivity contribution in [1.82, 2.24) is 5.32 Å². The molecule has 2 rings (SSSR count). The lowest BCUT2D eigenvalue weighted by Gasteiger charge is -2.18. The Morgan fingerprint density at radius 2 is 1.87 bits per heavy atom. The van der Waals surface area contributed by atoms with Gasteiger partial charge in [-0.1, -0.05) is 17.8 Å². The van der Waals surface area contributed by atoms with E-state index < -0.39 is 28.5 Å². The minimum Gasteiger partial charge on any atom is -0.340 e. The Kier molecular flexibility index (Phi) is 9.06. The number of halogens is 2. The fraction of sp³-hybridized carbons (Fsp3) is 0.263. The predicted molar refractivity (Wildman–Crippen MR) is 114 cm³/mol. The summed E-state index contributed by atoms with van der Waals surface area (Å²) in [5, 5.41) is 16.1. The van der Waals surface area contributed by atoms with Gasteiger partial charge in [-0.3, -0.25) is 19.7 Å². The summed E-state index contributed by atoms with van der Waals surface area (Å²) in [5.74, 6) is -3.02. The van der Waals surface area contributed by atoms with Crippen LogP contribution >= 0.6 is 23.5 Å². The van der Waals surface area contributed by atoms with E-state index >= 15 is 0 Å². The second-order valence-electron chi connectivity index (χ2n) is 6.01. The van der Waals surface area contributed by atoms with Crippen molar-refractivity contribution in [3.63, 3.8) is 0 Å². The molecular formula is C19H19F2N3O4S2. The van der Waals surface area contributed by atoms with Gasteiger partial charge in [0.15, 0.2) is 0 Å². The third-order valence-corrected chi connectivity index (χ3v) is 5.27. The van der Waals surface area contributed by atoms with Crippen LogP contribution in [0.25, 0.3) is 0 Å². The van der Waals surface area contributed by atoms with E-state index in [1.807, 2.05) is 6.26 Å². The molecule has 2 aromatic carbocycles. The Hall–Kier alpha value is -2.66. The fourth-order valence-corrected chi connectivity index (χ4v) is 3.43. The van der Waals surface area contributed by atoms with E-state index in [1.54, 1.807) is 0 Å². The molecule has 0 fully saturated rings. The molecule has 0 saturated heterocycles. The molecule has 2 amide bonds. The highest BCUT2D eigenvalue weighted by atomic mass is 32.2. The average Bonchev–Trinajstić information content (AvgIpc) is 2.72. The number of nitrogens with zero attached hydrogens (tertiary/aromatic N) is 1. The second kappa shape index (κ2) is 11.5. The van der Waals surface area contributed by atoms with Gasteiger partial charge < -0.3 is 10.6 Å². The molecule has 0 saturated carbocycles. The van der Waals surface area contributed by atoms with Crippen LogP contribution in [0.15, 0.2) is 53.4 Å². The lowest BCUT2D eigenvalue weighted by molar-refractivity contribution is -0.384. The molecule has 0 spiro atoms. The van der Waals surface area contributed by atoms with Gasteiger partial charge in [0.2, 0.25) is 5.91 Å². The van der Waals surface area contributed by atoms with Crippen molar-refractivity contribution in [2.45, 2.75) is 23.1 Å². The first kappa shape index (κ1) is 23.6. The summed E-state index contributed by atoms with van der Waals surface area (Å²) >= 11 is 1.89. The Balaban J connectivity index is 2.08. The summed E-state index contributed by atoms with van der Waals surface area (Å²) in [6.07, 6.45) is 2.20. The average molecular weight is 456 g/mol. The molecule has 0 radical (unpaired) electrons. The lowest BCUT2D eigenvalue weighted by Crippen LogP contribution is -2.44. The van der Waals surface area contributed by atoms with E-state index in [-0.39, 0.29) is 11.3 Å². The minimum absolute atomic E-state index is 0.0690. The van der Waals surface area contributed by atoms with Crippen LogP contribution in [-0.2, 0) is 4.79 Å². The zero-order valence-electron chi connectivity index (χ0n) is 15.8. The van der Waals surface area contributed by atoms with Crippen LogP contribution in [0, 0.1) is 10.1 Å². The number of nitro groups is 1. The maximum atomic E-state index is 12.7. The normalized spacial score (nSPS) is 11.7.